The van der Waals surface area contributed by atoms with E-state index in [4.69, 9.17) is 14.2 Å². The summed E-state index contributed by atoms with van der Waals surface area (Å²) in [6.07, 6.45) is -0.575. The number of hydrogen-bond donors (Lipinski definition) is 1. The lowest BCUT2D eigenvalue weighted by molar-refractivity contribution is -0.148. The van der Waals surface area contributed by atoms with E-state index < -0.39 is 12.1 Å². The molecule has 0 amide bonds. The molecule has 0 fully saturated rings. The number of carbonyl (C=O) groups is 1. The predicted octanol–water partition coefficient (Wildman–Crippen LogP) is 3.22. The second-order valence-electron chi connectivity index (χ2n) is 6.70. The van der Waals surface area contributed by atoms with Crippen LogP contribution in [0.4, 0.5) is 0 Å². The number of H-pyrrole nitrogens is 1. The van der Waals surface area contributed by atoms with Gasteiger partial charge >= 0.3 is 5.97 Å². The van der Waals surface area contributed by atoms with Crippen molar-refractivity contribution in [3.63, 3.8) is 0 Å². The first kappa shape index (κ1) is 18.5. The number of fused-ring (bicyclic) bond motifs is 2. The molecule has 0 bridgehead atoms. The van der Waals surface area contributed by atoms with Gasteiger partial charge in [0.05, 0.1) is 11.8 Å². The molecule has 0 spiro atoms. The number of aromatic nitrogens is 2. The van der Waals surface area contributed by atoms with E-state index in [-0.39, 0.29) is 12.0 Å². The van der Waals surface area contributed by atoms with Crippen LogP contribution in [0, 0.1) is 13.8 Å². The Morgan fingerprint density at radius 1 is 1.29 bits per heavy atom. The van der Waals surface area contributed by atoms with Crippen LogP contribution in [0.2, 0.25) is 0 Å². The number of hydrogen-bond acceptors (Lipinski definition) is 7. The average Bonchev–Trinajstić information content (AvgIpc) is 2.95. The van der Waals surface area contributed by atoms with Crippen LogP contribution in [-0.4, -0.2) is 29.2 Å². The summed E-state index contributed by atoms with van der Waals surface area (Å²) in [5.41, 5.74) is 1.49. The zero-order chi connectivity index (χ0) is 19.8. The van der Waals surface area contributed by atoms with Gasteiger partial charge in [-0.3, -0.25) is 9.59 Å². The lowest BCUT2D eigenvalue weighted by atomic mass is 10.1. The number of ether oxygens (including phenoxy) is 3. The quantitative estimate of drug-likeness (QED) is 0.676. The maximum Gasteiger partial charge on any atom is 0.310 e. The number of esters is 1. The number of nitrogens with zero attached hydrogens (tertiary/aromatic N) is 1. The molecule has 1 aromatic carbocycles. The van der Waals surface area contributed by atoms with Crippen molar-refractivity contribution in [1.29, 1.82) is 0 Å². The van der Waals surface area contributed by atoms with Gasteiger partial charge in [-0.25, -0.2) is 4.98 Å². The molecule has 3 aromatic rings. The Morgan fingerprint density at radius 2 is 2.04 bits per heavy atom. The minimum Gasteiger partial charge on any atom is -0.486 e. The molecule has 1 N–H and O–H groups in total. The molecule has 2 aromatic heterocycles. The summed E-state index contributed by atoms with van der Waals surface area (Å²) >= 11 is 1.46. The van der Waals surface area contributed by atoms with Gasteiger partial charge in [-0.2, -0.15) is 0 Å². The van der Waals surface area contributed by atoms with Crippen LogP contribution in [0.5, 0.6) is 11.5 Å². The van der Waals surface area contributed by atoms with E-state index >= 15 is 0 Å². The van der Waals surface area contributed by atoms with Crippen molar-refractivity contribution in [3.05, 3.63) is 50.4 Å². The molecule has 8 heteroatoms. The molecule has 7 nitrogen and oxygen atoms in total. The van der Waals surface area contributed by atoms with Gasteiger partial charge in [0.2, 0.25) is 0 Å². The summed E-state index contributed by atoms with van der Waals surface area (Å²) < 4.78 is 16.5. The maximum absolute atomic E-state index is 12.4. The van der Waals surface area contributed by atoms with E-state index in [0.717, 1.165) is 16.0 Å². The molecule has 1 atom stereocenters. The molecule has 0 saturated carbocycles. The van der Waals surface area contributed by atoms with Crippen molar-refractivity contribution in [1.82, 2.24) is 9.97 Å². The summed E-state index contributed by atoms with van der Waals surface area (Å²) in [5, 5.41) is 0.598. The normalized spacial score (nSPS) is 14.1. The van der Waals surface area contributed by atoms with E-state index in [1.807, 2.05) is 19.9 Å². The minimum absolute atomic E-state index is 0.0880. The fourth-order valence-corrected chi connectivity index (χ4v) is 4.16. The van der Waals surface area contributed by atoms with E-state index in [1.54, 1.807) is 19.1 Å². The Balaban J connectivity index is 1.49. The van der Waals surface area contributed by atoms with Crippen LogP contribution in [0.15, 0.2) is 23.0 Å². The predicted molar refractivity (Wildman–Crippen MR) is 105 cm³/mol. The minimum atomic E-state index is -0.662. The number of thiophene rings is 1. The van der Waals surface area contributed by atoms with Crippen molar-refractivity contribution in [2.75, 3.05) is 13.2 Å². The topological polar surface area (TPSA) is 90.5 Å². The second kappa shape index (κ2) is 7.27. The van der Waals surface area contributed by atoms with Gasteiger partial charge in [0.25, 0.3) is 5.56 Å². The van der Waals surface area contributed by atoms with Crippen LogP contribution < -0.4 is 15.0 Å². The Labute approximate surface area is 165 Å². The van der Waals surface area contributed by atoms with Crippen LogP contribution in [0.25, 0.3) is 10.2 Å². The van der Waals surface area contributed by atoms with Gasteiger partial charge in [-0.1, -0.05) is 6.07 Å². The average molecular weight is 400 g/mol. The fourth-order valence-electron chi connectivity index (χ4n) is 3.12. The molecule has 1 aliphatic rings. The van der Waals surface area contributed by atoms with Gasteiger partial charge in [0, 0.05) is 4.88 Å². The third-order valence-electron chi connectivity index (χ3n) is 4.71. The van der Waals surface area contributed by atoms with Crippen molar-refractivity contribution in [2.45, 2.75) is 33.3 Å². The van der Waals surface area contributed by atoms with E-state index in [0.29, 0.717) is 40.8 Å². The van der Waals surface area contributed by atoms with Crippen LogP contribution in [0.3, 0.4) is 0 Å². The first-order chi connectivity index (χ1) is 13.4. The van der Waals surface area contributed by atoms with Gasteiger partial charge in [-0.15, -0.1) is 11.3 Å². The first-order valence-electron chi connectivity index (χ1n) is 9.00. The third-order valence-corrected chi connectivity index (χ3v) is 5.81. The highest BCUT2D eigenvalue weighted by Crippen LogP contribution is 2.31. The van der Waals surface area contributed by atoms with Crippen LogP contribution in [0.1, 0.15) is 34.9 Å². The van der Waals surface area contributed by atoms with E-state index in [2.05, 4.69) is 9.97 Å². The highest BCUT2D eigenvalue weighted by molar-refractivity contribution is 7.18. The summed E-state index contributed by atoms with van der Waals surface area (Å²) in [7, 11) is 0. The molecule has 4 rings (SSSR count). The number of aromatic amines is 1. The molecule has 28 heavy (non-hydrogen) atoms. The monoisotopic (exact) mass is 400 g/mol. The lowest BCUT2D eigenvalue weighted by Crippen LogP contribution is -2.18. The summed E-state index contributed by atoms with van der Waals surface area (Å²) in [4.78, 5) is 33.7. The lowest BCUT2D eigenvalue weighted by Gasteiger charge is -2.19. The highest BCUT2D eigenvalue weighted by Gasteiger charge is 2.19. The number of nitrogens with one attached hydrogen (secondary N) is 1. The summed E-state index contributed by atoms with van der Waals surface area (Å²) in [6, 6.07) is 5.38. The molecular formula is C20H20N2O5S. The molecule has 146 valence electrons. The van der Waals surface area contributed by atoms with Gasteiger partial charge < -0.3 is 19.2 Å². The smallest absolute Gasteiger partial charge is 0.310 e. The maximum atomic E-state index is 12.4. The number of carbonyl (C=O) groups excluding carboxylic acids is 1. The van der Waals surface area contributed by atoms with E-state index in [9.17, 15) is 9.59 Å². The highest BCUT2D eigenvalue weighted by atomic mass is 32.1. The number of aryl methyl sites for hydroxylation is 2. The van der Waals surface area contributed by atoms with Crippen molar-refractivity contribution in [3.8, 4) is 11.5 Å². The molecule has 1 aliphatic heterocycles. The van der Waals surface area contributed by atoms with E-state index in [1.165, 1.54) is 11.3 Å². The van der Waals surface area contributed by atoms with Crippen LogP contribution >= 0.6 is 11.3 Å². The van der Waals surface area contributed by atoms with Crippen LogP contribution in [-0.2, 0) is 16.0 Å². The zero-order valence-electron chi connectivity index (χ0n) is 15.8. The summed E-state index contributed by atoms with van der Waals surface area (Å²) in [5.74, 6) is 1.23. The second-order valence-corrected chi connectivity index (χ2v) is 7.90. The molecule has 3 heterocycles. The van der Waals surface area contributed by atoms with Gasteiger partial charge in [0.1, 0.15) is 18.0 Å². The SMILES string of the molecule is Cc1sc2nc([C@@H](C)OC(=O)Cc3ccc4c(c3)OCCO4)[nH]c(=O)c2c1C. The van der Waals surface area contributed by atoms with Gasteiger partial charge in [0.15, 0.2) is 23.4 Å². The fraction of sp³-hybridized carbons (Fsp3) is 0.350. The Morgan fingerprint density at radius 3 is 2.82 bits per heavy atom. The van der Waals surface area contributed by atoms with Gasteiger partial charge in [-0.05, 0) is 44.0 Å². The Kier molecular flexibility index (Phi) is 4.80. The zero-order valence-corrected chi connectivity index (χ0v) is 16.6. The molecule has 0 unspecified atom stereocenters. The third kappa shape index (κ3) is 3.47. The Hall–Kier alpha value is -2.87. The van der Waals surface area contributed by atoms with Crippen molar-refractivity contribution >= 4 is 27.5 Å². The molecule has 0 saturated heterocycles. The molecule has 0 radical (unpaired) electrons. The largest absolute Gasteiger partial charge is 0.486 e. The first-order valence-corrected chi connectivity index (χ1v) is 9.82. The Bertz CT molecular complexity index is 1120. The standard InChI is InChI=1S/C20H20N2O5S/c1-10-12(3)28-20-17(10)19(24)21-18(22-20)11(2)27-16(23)9-13-4-5-14-15(8-13)26-7-6-25-14/h4-5,8,11H,6-7,9H2,1-3H3,(H,21,22,24)/t11-/m1/s1. The number of benzene rings is 1. The summed E-state index contributed by atoms with van der Waals surface area (Å²) in [6.45, 7) is 6.56. The molecular weight excluding hydrogens is 380 g/mol. The van der Waals surface area contributed by atoms with Crippen molar-refractivity contribution < 1.29 is 19.0 Å². The number of rotatable bonds is 4. The molecule has 0 aliphatic carbocycles. The van der Waals surface area contributed by atoms with Crippen molar-refractivity contribution in [2.24, 2.45) is 0 Å².